The molecule has 0 aliphatic carbocycles. The predicted molar refractivity (Wildman–Crippen MR) is 101 cm³/mol. The third kappa shape index (κ3) is 4.68. The van der Waals surface area contributed by atoms with Crippen LogP contribution in [0.2, 0.25) is 0 Å². The number of carbonyl (C=O) groups excluding carboxylic acids is 1. The molecule has 1 unspecified atom stereocenters. The average Bonchev–Trinajstić information content (AvgIpc) is 2.59. The van der Waals surface area contributed by atoms with Crippen molar-refractivity contribution in [1.29, 1.82) is 0 Å². The highest BCUT2D eigenvalue weighted by Crippen LogP contribution is 2.40. The molecule has 1 aliphatic rings. The fourth-order valence-corrected chi connectivity index (χ4v) is 3.93. The number of hydrogen-bond acceptors (Lipinski definition) is 7. The van der Waals surface area contributed by atoms with Gasteiger partial charge in [-0.3, -0.25) is 9.59 Å². The number of anilines is 1. The number of carboxylic acid groups (broad SMARTS) is 1. The van der Waals surface area contributed by atoms with Crippen molar-refractivity contribution in [1.82, 2.24) is 4.98 Å². The summed E-state index contributed by atoms with van der Waals surface area (Å²) in [5.41, 5.74) is -6.05. The van der Waals surface area contributed by atoms with Crippen LogP contribution >= 0.6 is 0 Å². The molecule has 12 heteroatoms. The van der Waals surface area contributed by atoms with Crippen molar-refractivity contribution >= 4 is 27.6 Å². The molecule has 1 aliphatic heterocycles. The summed E-state index contributed by atoms with van der Waals surface area (Å²) in [5, 5.41) is 9.49. The van der Waals surface area contributed by atoms with E-state index in [1.54, 1.807) is 4.90 Å². The second kappa shape index (κ2) is 8.78. The molecule has 30 heavy (non-hydrogen) atoms. The van der Waals surface area contributed by atoms with Crippen molar-refractivity contribution in [3.8, 4) is 5.88 Å². The minimum atomic E-state index is -6.10. The van der Waals surface area contributed by atoms with Gasteiger partial charge in [0.15, 0.2) is 5.78 Å². The van der Waals surface area contributed by atoms with Gasteiger partial charge in [0.1, 0.15) is 11.5 Å². The largest absolute Gasteiger partial charge is 0.534 e. The van der Waals surface area contributed by atoms with E-state index in [-0.39, 0.29) is 24.0 Å². The van der Waals surface area contributed by atoms with E-state index in [9.17, 15) is 36.3 Å². The van der Waals surface area contributed by atoms with Crippen LogP contribution < -0.4 is 9.08 Å². The number of pyridine rings is 1. The molecule has 8 nitrogen and oxygen atoms in total. The summed E-state index contributed by atoms with van der Waals surface area (Å²) in [7, 11) is -6.10. The van der Waals surface area contributed by atoms with E-state index in [0.717, 1.165) is 12.8 Å². The summed E-state index contributed by atoms with van der Waals surface area (Å²) in [6, 6.07) is 1.24. The maximum Gasteiger partial charge on any atom is 0.534 e. The third-order valence-electron chi connectivity index (χ3n) is 4.80. The molecule has 0 spiro atoms. The van der Waals surface area contributed by atoms with Crippen LogP contribution in [0.15, 0.2) is 6.07 Å². The zero-order valence-corrected chi connectivity index (χ0v) is 17.5. The van der Waals surface area contributed by atoms with Gasteiger partial charge in [-0.2, -0.15) is 21.6 Å². The molecule has 1 atom stereocenters. The zero-order valence-electron chi connectivity index (χ0n) is 16.7. The Bertz CT molecular complexity index is 927. The maximum atomic E-state index is 12.8. The molecule has 2 rings (SSSR count). The number of hydrogen-bond donors (Lipinski definition) is 1. The number of nitrogens with zero attached hydrogens (tertiary/aromatic N) is 2. The summed E-state index contributed by atoms with van der Waals surface area (Å²) in [6.07, 6.45) is 2.79. The first-order valence-corrected chi connectivity index (χ1v) is 10.8. The van der Waals surface area contributed by atoms with Gasteiger partial charge in [0.2, 0.25) is 5.88 Å². The van der Waals surface area contributed by atoms with E-state index < -0.39 is 44.7 Å². The van der Waals surface area contributed by atoms with E-state index >= 15 is 0 Å². The fourth-order valence-electron chi connectivity index (χ4n) is 3.51. The van der Waals surface area contributed by atoms with Crippen LogP contribution in [0.5, 0.6) is 5.88 Å². The normalized spacial score (nSPS) is 17.2. The molecule has 0 amide bonds. The Kier molecular flexibility index (Phi) is 7.00. The molecule has 1 aromatic rings. The minimum Gasteiger partial charge on any atom is -0.481 e. The molecule has 1 aromatic heterocycles. The quantitative estimate of drug-likeness (QED) is 0.363. The molecule has 0 saturated carbocycles. The number of aryl methyl sites for hydroxylation is 1. The summed E-state index contributed by atoms with van der Waals surface area (Å²) in [4.78, 5) is 29.8. The van der Waals surface area contributed by atoms with Crippen LogP contribution in [0.4, 0.5) is 18.9 Å². The summed E-state index contributed by atoms with van der Waals surface area (Å²) in [6.45, 7) is 5.08. The smallest absolute Gasteiger partial charge is 0.481 e. The van der Waals surface area contributed by atoms with Crippen molar-refractivity contribution in [3.63, 3.8) is 0 Å². The van der Waals surface area contributed by atoms with Gasteiger partial charge in [-0.1, -0.05) is 26.7 Å². The van der Waals surface area contributed by atoms with Crippen molar-refractivity contribution < 1.29 is 40.5 Å². The lowest BCUT2D eigenvalue weighted by Gasteiger charge is -2.40. The third-order valence-corrected chi connectivity index (χ3v) is 5.74. The Morgan fingerprint density at radius 1 is 1.33 bits per heavy atom. The average molecular weight is 452 g/mol. The molecular weight excluding hydrogens is 429 g/mol. The van der Waals surface area contributed by atoms with Gasteiger partial charge < -0.3 is 14.2 Å². The van der Waals surface area contributed by atoms with Gasteiger partial charge in [0.25, 0.3) is 0 Å². The fraction of sp³-hybridized carbons (Fsp3) is 0.611. The molecule has 1 N–H and O–H groups in total. The Hall–Kier alpha value is -2.37. The molecule has 2 heterocycles. The predicted octanol–water partition coefficient (Wildman–Crippen LogP) is 3.29. The highest BCUT2D eigenvalue weighted by Gasteiger charge is 2.50. The number of aromatic nitrogens is 1. The molecule has 0 bridgehead atoms. The lowest BCUT2D eigenvalue weighted by atomic mass is 9.89. The number of aliphatic carboxylic acids is 1. The van der Waals surface area contributed by atoms with Gasteiger partial charge in [-0.05, 0) is 25.8 Å². The van der Waals surface area contributed by atoms with Gasteiger partial charge in [-0.25, -0.2) is 4.98 Å². The van der Waals surface area contributed by atoms with Crippen molar-refractivity contribution in [2.75, 3.05) is 11.4 Å². The van der Waals surface area contributed by atoms with Crippen LogP contribution in [-0.2, 0) is 14.9 Å². The van der Waals surface area contributed by atoms with Gasteiger partial charge >= 0.3 is 21.6 Å². The Balaban J connectivity index is 2.71. The SMILES string of the molecule is CCCC(CCC)N1CC(C(=O)O)C(=O)c2c1cc(C)nc2OS(=O)(=O)C(F)(F)F. The zero-order chi connectivity index (χ0) is 22.9. The van der Waals surface area contributed by atoms with E-state index in [1.165, 1.54) is 13.0 Å². The molecule has 168 valence electrons. The first-order valence-electron chi connectivity index (χ1n) is 9.40. The van der Waals surface area contributed by atoms with Crippen LogP contribution in [0.25, 0.3) is 0 Å². The van der Waals surface area contributed by atoms with E-state index in [4.69, 9.17) is 0 Å². The first-order chi connectivity index (χ1) is 13.8. The number of rotatable bonds is 8. The second-order valence-electron chi connectivity index (χ2n) is 7.08. The number of carboxylic acids is 1. The summed E-state index contributed by atoms with van der Waals surface area (Å²) < 4.78 is 65.7. The second-order valence-corrected chi connectivity index (χ2v) is 8.62. The highest BCUT2D eigenvalue weighted by molar-refractivity contribution is 7.88. The Labute approximate surface area is 172 Å². The molecule has 0 fully saturated rings. The van der Waals surface area contributed by atoms with Crippen LogP contribution in [-0.4, -0.2) is 48.4 Å². The number of carbonyl (C=O) groups is 2. The van der Waals surface area contributed by atoms with E-state index in [1.807, 2.05) is 13.8 Å². The summed E-state index contributed by atoms with van der Waals surface area (Å²) >= 11 is 0. The molecule has 0 radical (unpaired) electrons. The Morgan fingerprint density at radius 3 is 2.37 bits per heavy atom. The minimum absolute atomic E-state index is 0.124. The van der Waals surface area contributed by atoms with Crippen molar-refractivity contribution in [2.45, 2.75) is 58.0 Å². The standard InChI is InChI=1S/C18H23F3N2O6S/c1-4-6-11(7-5-2)23-9-12(17(25)26)15(24)14-13(23)8-10(3)22-16(14)29-30(27,28)18(19,20)21/h8,11-12H,4-7,9H2,1-3H3,(H,25,26). The Morgan fingerprint density at radius 2 is 1.90 bits per heavy atom. The number of ketones is 1. The lowest BCUT2D eigenvalue weighted by molar-refractivity contribution is -0.139. The number of Topliss-reactive ketones (excluding diaryl/α,β-unsaturated/α-hetero) is 1. The topological polar surface area (TPSA) is 114 Å². The van der Waals surface area contributed by atoms with Crippen LogP contribution in [0, 0.1) is 12.8 Å². The van der Waals surface area contributed by atoms with Crippen molar-refractivity contribution in [3.05, 3.63) is 17.3 Å². The monoisotopic (exact) mass is 452 g/mol. The number of halogens is 3. The first kappa shape index (κ1) is 23.9. The number of fused-ring (bicyclic) bond motifs is 1. The van der Waals surface area contributed by atoms with Gasteiger partial charge in [-0.15, -0.1) is 0 Å². The maximum absolute atomic E-state index is 12.8. The highest BCUT2D eigenvalue weighted by atomic mass is 32.2. The van der Waals surface area contributed by atoms with Crippen LogP contribution in [0.3, 0.4) is 0 Å². The number of alkyl halides is 3. The summed E-state index contributed by atoms with van der Waals surface area (Å²) in [5.74, 6) is -5.16. The van der Waals surface area contributed by atoms with Crippen molar-refractivity contribution in [2.24, 2.45) is 5.92 Å². The molecular formula is C18H23F3N2O6S. The van der Waals surface area contributed by atoms with Gasteiger partial charge in [0, 0.05) is 18.3 Å². The van der Waals surface area contributed by atoms with Gasteiger partial charge in [0.05, 0.1) is 5.69 Å². The molecule has 0 aromatic carbocycles. The van der Waals surface area contributed by atoms with E-state index in [2.05, 4.69) is 9.17 Å². The van der Waals surface area contributed by atoms with E-state index in [0.29, 0.717) is 12.8 Å². The lowest BCUT2D eigenvalue weighted by Crippen LogP contribution is -2.48. The van der Waals surface area contributed by atoms with Crippen LogP contribution in [0.1, 0.15) is 55.6 Å². The molecule has 0 saturated heterocycles.